The van der Waals surface area contributed by atoms with Crippen molar-refractivity contribution in [1.29, 1.82) is 0 Å². The first kappa shape index (κ1) is 22.3. The number of nitrogens with zero attached hydrogens (tertiary/aromatic N) is 1. The van der Waals surface area contributed by atoms with Crippen molar-refractivity contribution in [2.45, 2.75) is 11.8 Å². The standard InChI is InChI=1S/C17H20BrN3O5S2/c1-11-5-7-13(10-15(11)20-27(4,23)24)19-17(22)12-6-8-14(18)16(9-12)28(25,26)21(2)3/h5-10,20H,1-4H3,(H,19,22). The second-order valence-corrected chi connectivity index (χ2v) is 11.0. The van der Waals surface area contributed by atoms with E-state index in [9.17, 15) is 21.6 Å². The van der Waals surface area contributed by atoms with Gasteiger partial charge >= 0.3 is 0 Å². The Morgan fingerprint density at radius 3 is 2.25 bits per heavy atom. The largest absolute Gasteiger partial charge is 0.322 e. The van der Waals surface area contributed by atoms with Crippen LogP contribution in [0.2, 0.25) is 0 Å². The molecule has 0 aromatic heterocycles. The minimum atomic E-state index is -3.74. The van der Waals surface area contributed by atoms with E-state index < -0.39 is 26.0 Å². The normalized spacial score (nSPS) is 12.1. The van der Waals surface area contributed by atoms with E-state index in [1.807, 2.05) is 0 Å². The van der Waals surface area contributed by atoms with E-state index in [0.29, 0.717) is 21.4 Å². The van der Waals surface area contributed by atoms with E-state index in [1.54, 1.807) is 19.1 Å². The zero-order chi connectivity index (χ0) is 21.3. The van der Waals surface area contributed by atoms with Gasteiger partial charge in [-0.3, -0.25) is 9.52 Å². The van der Waals surface area contributed by atoms with E-state index in [4.69, 9.17) is 0 Å². The number of halogens is 1. The van der Waals surface area contributed by atoms with Gasteiger partial charge in [-0.05, 0) is 58.7 Å². The highest BCUT2D eigenvalue weighted by atomic mass is 79.9. The molecule has 0 saturated carbocycles. The van der Waals surface area contributed by atoms with Gasteiger partial charge < -0.3 is 5.32 Å². The molecule has 0 aliphatic carbocycles. The van der Waals surface area contributed by atoms with Crippen LogP contribution in [0.3, 0.4) is 0 Å². The number of carbonyl (C=O) groups excluding carboxylic acids is 1. The minimum Gasteiger partial charge on any atom is -0.322 e. The summed E-state index contributed by atoms with van der Waals surface area (Å²) in [6, 6.07) is 9.02. The molecule has 0 aliphatic rings. The number of benzene rings is 2. The van der Waals surface area contributed by atoms with Crippen molar-refractivity contribution in [2.24, 2.45) is 0 Å². The summed E-state index contributed by atoms with van der Waals surface area (Å²) in [7, 11) is -4.41. The molecule has 0 aliphatic heterocycles. The number of hydrogen-bond donors (Lipinski definition) is 2. The number of rotatable bonds is 6. The van der Waals surface area contributed by atoms with Gasteiger partial charge in [0.05, 0.1) is 16.8 Å². The topological polar surface area (TPSA) is 113 Å². The highest BCUT2D eigenvalue weighted by molar-refractivity contribution is 9.10. The van der Waals surface area contributed by atoms with Gasteiger partial charge in [-0.1, -0.05) is 6.07 Å². The van der Waals surface area contributed by atoms with Crippen LogP contribution >= 0.6 is 15.9 Å². The lowest BCUT2D eigenvalue weighted by atomic mass is 10.1. The smallest absolute Gasteiger partial charge is 0.255 e. The number of hydrogen-bond acceptors (Lipinski definition) is 5. The van der Waals surface area contributed by atoms with E-state index in [-0.39, 0.29) is 10.5 Å². The molecular weight excluding hydrogens is 470 g/mol. The molecule has 0 radical (unpaired) electrons. The second kappa shape index (κ2) is 8.19. The minimum absolute atomic E-state index is 0.0338. The van der Waals surface area contributed by atoms with Gasteiger partial charge in [0.25, 0.3) is 5.91 Å². The molecule has 0 heterocycles. The molecule has 2 N–H and O–H groups in total. The zero-order valence-electron chi connectivity index (χ0n) is 15.6. The lowest BCUT2D eigenvalue weighted by molar-refractivity contribution is 0.102. The number of carbonyl (C=O) groups is 1. The van der Waals surface area contributed by atoms with Gasteiger partial charge in [-0.2, -0.15) is 0 Å². The molecule has 0 spiro atoms. The van der Waals surface area contributed by atoms with Gasteiger partial charge in [-0.25, -0.2) is 21.1 Å². The monoisotopic (exact) mass is 489 g/mol. The average molecular weight is 490 g/mol. The Morgan fingerprint density at radius 1 is 1.04 bits per heavy atom. The second-order valence-electron chi connectivity index (χ2n) is 6.29. The van der Waals surface area contributed by atoms with Crippen LogP contribution in [-0.4, -0.2) is 47.4 Å². The molecule has 2 rings (SSSR count). The van der Waals surface area contributed by atoms with Gasteiger partial charge in [0.2, 0.25) is 20.0 Å². The highest BCUT2D eigenvalue weighted by Gasteiger charge is 2.22. The maximum absolute atomic E-state index is 12.6. The van der Waals surface area contributed by atoms with E-state index in [2.05, 4.69) is 26.0 Å². The Bertz CT molecular complexity index is 1130. The first-order valence-corrected chi connectivity index (χ1v) is 12.1. The number of nitrogens with one attached hydrogen (secondary N) is 2. The molecule has 152 valence electrons. The van der Waals surface area contributed by atoms with Crippen LogP contribution in [0, 0.1) is 6.92 Å². The van der Waals surface area contributed by atoms with Crippen molar-refractivity contribution in [1.82, 2.24) is 4.31 Å². The van der Waals surface area contributed by atoms with Gasteiger partial charge in [0.15, 0.2) is 0 Å². The number of anilines is 2. The third-order valence-corrected chi connectivity index (χ3v) is 7.14. The molecule has 28 heavy (non-hydrogen) atoms. The molecule has 0 saturated heterocycles. The van der Waals surface area contributed by atoms with Crippen molar-refractivity contribution >= 4 is 53.3 Å². The molecular formula is C17H20BrN3O5S2. The van der Waals surface area contributed by atoms with Gasteiger partial charge in [0.1, 0.15) is 0 Å². The maximum Gasteiger partial charge on any atom is 0.255 e. The first-order chi connectivity index (χ1) is 12.8. The van der Waals surface area contributed by atoms with E-state index >= 15 is 0 Å². The van der Waals surface area contributed by atoms with Crippen LogP contribution in [0.25, 0.3) is 0 Å². The Labute approximate surface area is 173 Å². The quantitative estimate of drug-likeness (QED) is 0.647. The van der Waals surface area contributed by atoms with Crippen LogP contribution in [0.1, 0.15) is 15.9 Å². The van der Waals surface area contributed by atoms with Crippen molar-refractivity contribution in [2.75, 3.05) is 30.4 Å². The molecule has 0 fully saturated rings. The van der Waals surface area contributed by atoms with Crippen molar-refractivity contribution < 1.29 is 21.6 Å². The van der Waals surface area contributed by atoms with Crippen LogP contribution in [-0.2, 0) is 20.0 Å². The average Bonchev–Trinajstić information content (AvgIpc) is 2.56. The summed E-state index contributed by atoms with van der Waals surface area (Å²) >= 11 is 3.19. The fourth-order valence-electron chi connectivity index (χ4n) is 2.25. The fourth-order valence-corrected chi connectivity index (χ4v) is 4.72. The zero-order valence-corrected chi connectivity index (χ0v) is 18.9. The highest BCUT2D eigenvalue weighted by Crippen LogP contribution is 2.26. The van der Waals surface area contributed by atoms with Crippen LogP contribution in [0.15, 0.2) is 45.8 Å². The fraction of sp³-hybridized carbons (Fsp3) is 0.235. The predicted octanol–water partition coefficient (Wildman–Crippen LogP) is 2.63. The SMILES string of the molecule is Cc1ccc(NC(=O)c2ccc(Br)c(S(=O)(=O)N(C)C)c2)cc1NS(C)(=O)=O. The van der Waals surface area contributed by atoms with Crippen molar-refractivity contribution in [3.8, 4) is 0 Å². The summed E-state index contributed by atoms with van der Waals surface area (Å²) in [5, 5.41) is 2.64. The lowest BCUT2D eigenvalue weighted by Gasteiger charge is -2.14. The number of amides is 1. The first-order valence-electron chi connectivity index (χ1n) is 7.93. The van der Waals surface area contributed by atoms with Crippen LogP contribution < -0.4 is 10.0 Å². The maximum atomic E-state index is 12.6. The molecule has 0 atom stereocenters. The Kier molecular flexibility index (Phi) is 6.54. The van der Waals surface area contributed by atoms with Gasteiger partial charge in [0, 0.05) is 29.8 Å². The number of aryl methyl sites for hydroxylation is 1. The lowest BCUT2D eigenvalue weighted by Crippen LogP contribution is -2.23. The summed E-state index contributed by atoms with van der Waals surface area (Å²) < 4.78 is 51.5. The summed E-state index contributed by atoms with van der Waals surface area (Å²) in [4.78, 5) is 12.5. The summed E-state index contributed by atoms with van der Waals surface area (Å²) in [5.41, 5.74) is 1.53. The van der Waals surface area contributed by atoms with Crippen LogP contribution in [0.4, 0.5) is 11.4 Å². The molecule has 8 nitrogen and oxygen atoms in total. The van der Waals surface area contributed by atoms with E-state index in [0.717, 1.165) is 10.6 Å². The Hall–Kier alpha value is -1.95. The Morgan fingerprint density at radius 2 is 1.68 bits per heavy atom. The molecule has 0 unspecified atom stereocenters. The molecule has 0 bridgehead atoms. The third kappa shape index (κ3) is 5.31. The van der Waals surface area contributed by atoms with Crippen LogP contribution in [0.5, 0.6) is 0 Å². The number of sulfonamides is 2. The van der Waals surface area contributed by atoms with Crippen molar-refractivity contribution in [3.63, 3.8) is 0 Å². The predicted molar refractivity (Wildman–Crippen MR) is 113 cm³/mol. The molecule has 1 amide bonds. The van der Waals surface area contributed by atoms with Gasteiger partial charge in [-0.15, -0.1) is 0 Å². The third-order valence-electron chi connectivity index (χ3n) is 3.74. The summed E-state index contributed by atoms with van der Waals surface area (Å²) in [6.45, 7) is 1.73. The molecule has 2 aromatic carbocycles. The molecule has 11 heteroatoms. The molecule has 2 aromatic rings. The summed E-state index contributed by atoms with van der Waals surface area (Å²) in [6.07, 6.45) is 1.03. The van der Waals surface area contributed by atoms with E-state index in [1.165, 1.54) is 38.4 Å². The summed E-state index contributed by atoms with van der Waals surface area (Å²) in [5.74, 6) is -0.531. The van der Waals surface area contributed by atoms with Crippen molar-refractivity contribution in [3.05, 3.63) is 52.0 Å². The Balaban J connectivity index is 2.35.